The van der Waals surface area contributed by atoms with Crippen molar-refractivity contribution in [3.05, 3.63) is 29.3 Å². The molecule has 94 valence electrons. The van der Waals surface area contributed by atoms with E-state index in [1.807, 2.05) is 0 Å². The van der Waals surface area contributed by atoms with Gasteiger partial charge < -0.3 is 4.74 Å². The van der Waals surface area contributed by atoms with Gasteiger partial charge in [-0.3, -0.25) is 4.79 Å². The minimum Gasteiger partial charge on any atom is -0.434 e. The molecular weight excluding hydrogens is 362 g/mol. The second-order valence-electron chi connectivity index (χ2n) is 3.20. The zero-order valence-corrected chi connectivity index (χ0v) is 11.9. The van der Waals surface area contributed by atoms with Crippen LogP contribution in [0.15, 0.2) is 18.2 Å². The summed E-state index contributed by atoms with van der Waals surface area (Å²) < 4.78 is 28.8. The van der Waals surface area contributed by atoms with Crippen LogP contribution in [0.3, 0.4) is 0 Å². The maximum atomic E-state index is 12.2. The fourth-order valence-electron chi connectivity index (χ4n) is 1.27. The van der Waals surface area contributed by atoms with Crippen LogP contribution < -0.4 is 4.74 Å². The molecule has 2 nitrogen and oxygen atoms in total. The number of ether oxygens (including phenoxy) is 1. The molecule has 1 aromatic rings. The van der Waals surface area contributed by atoms with Crippen LogP contribution in [0.2, 0.25) is 0 Å². The first kappa shape index (κ1) is 14.6. The van der Waals surface area contributed by atoms with E-state index in [0.717, 1.165) is 0 Å². The number of hydrogen-bond acceptors (Lipinski definition) is 2. The summed E-state index contributed by atoms with van der Waals surface area (Å²) in [5, 5.41) is 0.930. The predicted octanol–water partition coefficient (Wildman–Crippen LogP) is 4.15. The Kier molecular flexibility index (Phi) is 6.05. The van der Waals surface area contributed by atoms with Crippen LogP contribution in [0.5, 0.6) is 5.75 Å². The molecule has 1 rings (SSSR count). The molecule has 0 unspecified atom stereocenters. The van der Waals surface area contributed by atoms with E-state index in [0.29, 0.717) is 28.2 Å². The van der Waals surface area contributed by atoms with Gasteiger partial charge in [-0.05, 0) is 6.07 Å². The first-order valence-corrected chi connectivity index (χ1v) is 7.05. The van der Waals surface area contributed by atoms with Gasteiger partial charge in [-0.2, -0.15) is 8.78 Å². The van der Waals surface area contributed by atoms with Crippen LogP contribution in [0.25, 0.3) is 0 Å². The van der Waals surface area contributed by atoms with Crippen LogP contribution in [0, 0.1) is 0 Å². The van der Waals surface area contributed by atoms with Gasteiger partial charge in [0.15, 0.2) is 5.78 Å². The van der Waals surface area contributed by atoms with Crippen LogP contribution in [0.4, 0.5) is 8.78 Å². The van der Waals surface area contributed by atoms with Gasteiger partial charge in [-0.25, -0.2) is 0 Å². The largest absolute Gasteiger partial charge is 0.434 e. The Balaban J connectivity index is 2.99. The first-order chi connectivity index (χ1) is 8.08. The molecule has 0 aromatic heterocycles. The van der Waals surface area contributed by atoms with E-state index in [1.54, 1.807) is 12.1 Å². The number of Topliss-reactive ketones (excluding diaryl/α,β-unsaturated/α-hetero) is 1. The Labute approximate surface area is 115 Å². The Morgan fingerprint density at radius 2 is 2.06 bits per heavy atom. The van der Waals surface area contributed by atoms with Gasteiger partial charge in [0.05, 0.1) is 0 Å². The molecule has 1 aromatic carbocycles. The van der Waals surface area contributed by atoms with Gasteiger partial charge >= 0.3 is 6.61 Å². The second-order valence-corrected chi connectivity index (χ2v) is 4.55. The molecule has 6 heteroatoms. The number of carbonyl (C=O) groups is 1. The fourth-order valence-corrected chi connectivity index (χ4v) is 2.10. The van der Waals surface area contributed by atoms with Crippen LogP contribution in [-0.4, -0.2) is 17.7 Å². The molecule has 0 saturated carbocycles. The molecule has 0 fully saturated rings. The van der Waals surface area contributed by atoms with E-state index in [1.165, 1.54) is 6.07 Å². The number of carbonyl (C=O) groups excluding carboxylic acids is 1. The number of benzene rings is 1. The van der Waals surface area contributed by atoms with Crippen molar-refractivity contribution in [1.82, 2.24) is 0 Å². The lowest BCUT2D eigenvalue weighted by atomic mass is 10.1. The Morgan fingerprint density at radius 1 is 1.35 bits per heavy atom. The second kappa shape index (κ2) is 7.06. The molecular formula is C11H10Br2F2O2. The summed E-state index contributed by atoms with van der Waals surface area (Å²) in [5.41, 5.74) is 0.963. The van der Waals surface area contributed by atoms with Crippen molar-refractivity contribution in [2.24, 2.45) is 0 Å². The minimum atomic E-state index is -2.89. The zero-order valence-electron chi connectivity index (χ0n) is 8.76. The van der Waals surface area contributed by atoms with Gasteiger partial charge in [-0.15, -0.1) is 0 Å². The lowest BCUT2D eigenvalue weighted by Crippen LogP contribution is -2.06. The lowest BCUT2D eigenvalue weighted by Gasteiger charge is -2.10. The normalized spacial score (nSPS) is 10.6. The highest BCUT2D eigenvalue weighted by molar-refractivity contribution is 9.09. The summed E-state index contributed by atoms with van der Waals surface area (Å²) in [4.78, 5) is 11.6. The Hall–Kier alpha value is -0.490. The summed E-state index contributed by atoms with van der Waals surface area (Å²) in [5.74, 6) is -0.0700. The quantitative estimate of drug-likeness (QED) is 0.554. The minimum absolute atomic E-state index is 0.0392. The lowest BCUT2D eigenvalue weighted by molar-refractivity contribution is -0.0503. The molecule has 0 bridgehead atoms. The number of alkyl halides is 4. The highest BCUT2D eigenvalue weighted by Gasteiger charge is 2.13. The van der Waals surface area contributed by atoms with Crippen molar-refractivity contribution in [1.29, 1.82) is 0 Å². The number of hydrogen-bond donors (Lipinski definition) is 0. The van der Waals surface area contributed by atoms with Crippen molar-refractivity contribution >= 4 is 37.6 Å². The third-order valence-corrected chi connectivity index (χ3v) is 3.07. The number of halogens is 4. The van der Waals surface area contributed by atoms with Crippen molar-refractivity contribution in [3.63, 3.8) is 0 Å². The van der Waals surface area contributed by atoms with Crippen molar-refractivity contribution in [2.75, 3.05) is 5.33 Å². The molecule has 0 atom stereocenters. The molecule has 17 heavy (non-hydrogen) atoms. The van der Waals surface area contributed by atoms with E-state index in [-0.39, 0.29) is 11.5 Å². The molecule has 0 N–H and O–H groups in total. The SMILES string of the molecule is O=C(CCBr)c1ccc(CBr)c(OC(F)F)c1. The van der Waals surface area contributed by atoms with Gasteiger partial charge in [0.25, 0.3) is 0 Å². The maximum Gasteiger partial charge on any atom is 0.387 e. The van der Waals surface area contributed by atoms with Crippen LogP contribution >= 0.6 is 31.9 Å². The van der Waals surface area contributed by atoms with E-state index < -0.39 is 6.61 Å². The molecule has 0 aliphatic carbocycles. The summed E-state index contributed by atoms with van der Waals surface area (Å²) in [6.07, 6.45) is 0.321. The molecule has 0 saturated heterocycles. The van der Waals surface area contributed by atoms with Crippen molar-refractivity contribution in [2.45, 2.75) is 18.4 Å². The van der Waals surface area contributed by atoms with E-state index in [2.05, 4.69) is 36.6 Å². The third-order valence-electron chi connectivity index (χ3n) is 2.07. The Bertz CT molecular complexity index is 397. The summed E-state index contributed by atoms with van der Waals surface area (Å²) >= 11 is 6.33. The zero-order chi connectivity index (χ0) is 12.8. The van der Waals surface area contributed by atoms with Crippen molar-refractivity contribution in [3.8, 4) is 5.75 Å². The average Bonchev–Trinajstić information content (AvgIpc) is 2.28. The van der Waals surface area contributed by atoms with E-state index in [4.69, 9.17) is 0 Å². The van der Waals surface area contributed by atoms with Gasteiger partial charge in [-0.1, -0.05) is 44.0 Å². The predicted molar refractivity (Wildman–Crippen MR) is 68.4 cm³/mol. The van der Waals surface area contributed by atoms with Gasteiger partial charge in [0.1, 0.15) is 5.75 Å². The van der Waals surface area contributed by atoms with Crippen LogP contribution in [0.1, 0.15) is 22.3 Å². The maximum absolute atomic E-state index is 12.2. The highest BCUT2D eigenvalue weighted by Crippen LogP contribution is 2.25. The third kappa shape index (κ3) is 4.35. The summed E-state index contributed by atoms with van der Waals surface area (Å²) in [7, 11) is 0. The van der Waals surface area contributed by atoms with E-state index >= 15 is 0 Å². The highest BCUT2D eigenvalue weighted by atomic mass is 79.9. The molecule has 0 aliphatic rings. The molecule has 0 spiro atoms. The topological polar surface area (TPSA) is 26.3 Å². The monoisotopic (exact) mass is 370 g/mol. The van der Waals surface area contributed by atoms with E-state index in [9.17, 15) is 13.6 Å². The fraction of sp³-hybridized carbons (Fsp3) is 0.364. The summed E-state index contributed by atoms with van der Waals surface area (Å²) in [6, 6.07) is 4.57. The number of ketones is 1. The standard InChI is InChI=1S/C11H10Br2F2O2/c12-4-3-9(16)7-1-2-8(6-13)10(5-7)17-11(14)15/h1-2,5,11H,3-4,6H2. The average molecular weight is 372 g/mol. The van der Waals surface area contributed by atoms with Crippen LogP contribution in [-0.2, 0) is 5.33 Å². The molecule has 0 heterocycles. The molecule has 0 radical (unpaired) electrons. The number of rotatable bonds is 6. The smallest absolute Gasteiger partial charge is 0.387 e. The Morgan fingerprint density at radius 3 is 2.59 bits per heavy atom. The van der Waals surface area contributed by atoms with Gasteiger partial charge in [0, 0.05) is 28.2 Å². The molecule has 0 amide bonds. The molecule has 0 aliphatic heterocycles. The summed E-state index contributed by atoms with van der Waals surface area (Å²) in [6.45, 7) is -2.89. The van der Waals surface area contributed by atoms with Crippen molar-refractivity contribution < 1.29 is 18.3 Å². The van der Waals surface area contributed by atoms with Gasteiger partial charge in [0.2, 0.25) is 0 Å². The first-order valence-electron chi connectivity index (χ1n) is 4.81.